The molecule has 1 saturated heterocycles. The van der Waals surface area contributed by atoms with E-state index in [1.807, 2.05) is 29.8 Å². The van der Waals surface area contributed by atoms with Crippen LogP contribution < -0.4 is 0 Å². The summed E-state index contributed by atoms with van der Waals surface area (Å²) in [6.45, 7) is 2.58. The number of benzene rings is 1. The van der Waals surface area contributed by atoms with Gasteiger partial charge in [0.1, 0.15) is 23.7 Å². The molecule has 7 heteroatoms. The molecule has 0 radical (unpaired) electrons. The van der Waals surface area contributed by atoms with Crippen molar-refractivity contribution in [1.82, 2.24) is 19.7 Å². The summed E-state index contributed by atoms with van der Waals surface area (Å²) >= 11 is 0. The molecule has 0 saturated carbocycles. The molecule has 1 atom stereocenters. The van der Waals surface area contributed by atoms with E-state index in [0.717, 1.165) is 31.1 Å². The second kappa shape index (κ2) is 6.76. The number of carboxylic acids is 1. The average Bonchev–Trinajstić information content (AvgIpc) is 3.36. The fourth-order valence-electron chi connectivity index (χ4n) is 3.56. The molecule has 1 aromatic carbocycles. The molecule has 1 N–H and O–H groups in total. The number of likely N-dealkylation sites (tertiary alicyclic amines) is 1. The number of hydrogen-bond donors (Lipinski definition) is 1. The van der Waals surface area contributed by atoms with E-state index in [1.165, 1.54) is 0 Å². The van der Waals surface area contributed by atoms with Crippen LogP contribution in [0.2, 0.25) is 0 Å². The minimum atomic E-state index is -0.954. The minimum Gasteiger partial charge on any atom is -0.478 e. The Morgan fingerprint density at radius 2 is 2.15 bits per heavy atom. The van der Waals surface area contributed by atoms with Crippen LogP contribution in [-0.2, 0) is 13.6 Å². The number of nitrogens with zero attached hydrogens (tertiary/aromatic N) is 4. The van der Waals surface area contributed by atoms with Crippen LogP contribution in [-0.4, -0.2) is 43.8 Å². The van der Waals surface area contributed by atoms with Crippen LogP contribution in [0.5, 0.6) is 0 Å². The molecule has 7 nitrogen and oxygen atoms in total. The lowest BCUT2D eigenvalue weighted by atomic mass is 10.1. The van der Waals surface area contributed by atoms with Crippen LogP contribution in [0.25, 0.3) is 11.3 Å². The molecule has 1 aliphatic heterocycles. The number of aryl methyl sites for hydroxylation is 1. The summed E-state index contributed by atoms with van der Waals surface area (Å²) in [6, 6.07) is 10.7. The van der Waals surface area contributed by atoms with E-state index in [4.69, 9.17) is 4.42 Å². The fraction of sp³-hybridized carbons (Fsp3) is 0.316. The van der Waals surface area contributed by atoms with Gasteiger partial charge < -0.3 is 14.1 Å². The highest BCUT2D eigenvalue weighted by molar-refractivity contribution is 5.95. The molecule has 3 aromatic rings. The van der Waals surface area contributed by atoms with Crippen molar-refractivity contribution < 1.29 is 14.3 Å². The van der Waals surface area contributed by atoms with Crippen molar-refractivity contribution >= 4 is 5.97 Å². The first-order valence-corrected chi connectivity index (χ1v) is 8.59. The highest BCUT2D eigenvalue weighted by Gasteiger charge is 2.27. The summed E-state index contributed by atoms with van der Waals surface area (Å²) in [4.78, 5) is 13.7. The smallest absolute Gasteiger partial charge is 0.336 e. The van der Waals surface area contributed by atoms with Crippen molar-refractivity contribution in [3.8, 4) is 11.3 Å². The van der Waals surface area contributed by atoms with Crippen molar-refractivity contribution in [3.05, 3.63) is 59.9 Å². The van der Waals surface area contributed by atoms with Gasteiger partial charge in [0, 0.05) is 25.1 Å². The van der Waals surface area contributed by atoms with Gasteiger partial charge in [0.25, 0.3) is 0 Å². The van der Waals surface area contributed by atoms with Gasteiger partial charge in [-0.2, -0.15) is 0 Å². The highest BCUT2D eigenvalue weighted by Crippen LogP contribution is 2.29. The Kier molecular flexibility index (Phi) is 4.30. The van der Waals surface area contributed by atoms with Gasteiger partial charge in [0.15, 0.2) is 0 Å². The third-order valence-corrected chi connectivity index (χ3v) is 4.85. The predicted octanol–water partition coefficient (Wildman–Crippen LogP) is 2.76. The second-order valence-electron chi connectivity index (χ2n) is 6.64. The molecule has 1 fully saturated rings. The van der Waals surface area contributed by atoms with Gasteiger partial charge in [-0.1, -0.05) is 18.2 Å². The Hall–Kier alpha value is -2.93. The van der Waals surface area contributed by atoms with E-state index in [-0.39, 0.29) is 5.56 Å². The normalized spacial score (nSPS) is 17.7. The molecule has 2 aromatic heterocycles. The topological polar surface area (TPSA) is 84.4 Å². The number of carbonyl (C=O) groups is 1. The Labute approximate surface area is 150 Å². The molecular weight excluding hydrogens is 332 g/mol. The van der Waals surface area contributed by atoms with Crippen LogP contribution in [0.15, 0.2) is 47.1 Å². The summed E-state index contributed by atoms with van der Waals surface area (Å²) in [6.07, 6.45) is 2.78. The molecular formula is C19H20N4O3. The first-order valence-electron chi connectivity index (χ1n) is 8.59. The predicted molar refractivity (Wildman–Crippen MR) is 94.7 cm³/mol. The number of rotatable bonds is 5. The van der Waals surface area contributed by atoms with Crippen LogP contribution in [0, 0.1) is 0 Å². The van der Waals surface area contributed by atoms with Gasteiger partial charge in [0.2, 0.25) is 0 Å². The highest BCUT2D eigenvalue weighted by atomic mass is 16.4. The lowest BCUT2D eigenvalue weighted by molar-refractivity contribution is 0.0697. The maximum Gasteiger partial charge on any atom is 0.336 e. The largest absolute Gasteiger partial charge is 0.478 e. The minimum absolute atomic E-state index is 0.247. The van der Waals surface area contributed by atoms with Gasteiger partial charge >= 0.3 is 5.97 Å². The molecule has 1 unspecified atom stereocenters. The van der Waals surface area contributed by atoms with Crippen molar-refractivity contribution in [1.29, 1.82) is 0 Å². The maximum absolute atomic E-state index is 11.4. The molecule has 0 amide bonds. The summed E-state index contributed by atoms with van der Waals surface area (Å²) in [5.41, 5.74) is 0.849. The summed E-state index contributed by atoms with van der Waals surface area (Å²) in [7, 11) is 1.97. The monoisotopic (exact) mass is 352 g/mol. The third kappa shape index (κ3) is 3.13. The molecule has 0 bridgehead atoms. The van der Waals surface area contributed by atoms with Crippen LogP contribution in [0.4, 0.5) is 0 Å². The van der Waals surface area contributed by atoms with E-state index in [9.17, 15) is 9.90 Å². The zero-order valence-electron chi connectivity index (χ0n) is 14.5. The molecule has 0 spiro atoms. The summed E-state index contributed by atoms with van der Waals surface area (Å²) in [5.74, 6) is 1.86. The number of furan rings is 1. The van der Waals surface area contributed by atoms with E-state index < -0.39 is 5.97 Å². The van der Waals surface area contributed by atoms with Crippen molar-refractivity contribution in [3.63, 3.8) is 0 Å². The average molecular weight is 352 g/mol. The van der Waals surface area contributed by atoms with Crippen LogP contribution in [0.1, 0.15) is 34.3 Å². The zero-order chi connectivity index (χ0) is 18.1. The molecule has 26 heavy (non-hydrogen) atoms. The lowest BCUT2D eigenvalue weighted by Gasteiger charge is -2.14. The summed E-state index contributed by atoms with van der Waals surface area (Å²) in [5, 5.41) is 17.5. The molecule has 134 valence electrons. The Morgan fingerprint density at radius 1 is 1.31 bits per heavy atom. The number of aromatic nitrogens is 3. The van der Waals surface area contributed by atoms with Gasteiger partial charge in [-0.05, 0) is 31.2 Å². The molecule has 1 aliphatic rings. The van der Waals surface area contributed by atoms with Crippen LogP contribution >= 0.6 is 0 Å². The Morgan fingerprint density at radius 3 is 2.92 bits per heavy atom. The van der Waals surface area contributed by atoms with Gasteiger partial charge in [0.05, 0.1) is 12.1 Å². The van der Waals surface area contributed by atoms with E-state index in [0.29, 0.717) is 23.8 Å². The maximum atomic E-state index is 11.4. The molecule has 4 rings (SSSR count). The lowest BCUT2D eigenvalue weighted by Crippen LogP contribution is -2.20. The van der Waals surface area contributed by atoms with Crippen molar-refractivity contribution in [2.24, 2.45) is 7.05 Å². The first-order chi connectivity index (χ1) is 12.6. The van der Waals surface area contributed by atoms with E-state index in [2.05, 4.69) is 15.1 Å². The van der Waals surface area contributed by atoms with E-state index >= 15 is 0 Å². The SMILES string of the molecule is Cn1cnnc1C1CCN(Cc2ccc(-c3ccccc3C(=O)O)o2)C1. The van der Waals surface area contributed by atoms with Crippen molar-refractivity contribution in [2.45, 2.75) is 18.9 Å². The number of aromatic carboxylic acids is 1. The number of hydrogen-bond acceptors (Lipinski definition) is 5. The summed E-state index contributed by atoms with van der Waals surface area (Å²) < 4.78 is 7.91. The quantitative estimate of drug-likeness (QED) is 0.760. The third-order valence-electron chi connectivity index (χ3n) is 4.85. The van der Waals surface area contributed by atoms with Gasteiger partial charge in [-0.25, -0.2) is 4.79 Å². The molecule has 3 heterocycles. The Bertz CT molecular complexity index is 930. The molecule has 0 aliphatic carbocycles. The number of carboxylic acid groups (broad SMARTS) is 1. The fourth-order valence-corrected chi connectivity index (χ4v) is 3.56. The first kappa shape index (κ1) is 16.5. The standard InChI is InChI=1S/C19H20N4O3/c1-22-12-20-21-18(22)13-8-9-23(10-13)11-14-6-7-17(26-14)15-4-2-3-5-16(15)19(24)25/h2-7,12-13H,8-11H2,1H3,(H,24,25). The zero-order valence-corrected chi connectivity index (χ0v) is 14.5. The Balaban J connectivity index is 1.47. The second-order valence-corrected chi connectivity index (χ2v) is 6.64. The van der Waals surface area contributed by atoms with E-state index in [1.54, 1.807) is 24.5 Å². The van der Waals surface area contributed by atoms with Gasteiger partial charge in [-0.15, -0.1) is 10.2 Å². The van der Waals surface area contributed by atoms with Gasteiger partial charge in [-0.3, -0.25) is 4.90 Å². The van der Waals surface area contributed by atoms with Crippen molar-refractivity contribution in [2.75, 3.05) is 13.1 Å². The van der Waals surface area contributed by atoms with Crippen LogP contribution in [0.3, 0.4) is 0 Å².